The summed E-state index contributed by atoms with van der Waals surface area (Å²) in [6.07, 6.45) is 12.6. The second-order valence-corrected chi connectivity index (χ2v) is 14.9. The average molecular weight is 761 g/mol. The molecule has 0 fully saturated rings. The van der Waals surface area contributed by atoms with Gasteiger partial charge in [-0.2, -0.15) is 0 Å². The Balaban J connectivity index is 0.000000292. The summed E-state index contributed by atoms with van der Waals surface area (Å²) in [4.78, 5) is 4.70. The molecule has 0 atom stereocenters. The second-order valence-electron chi connectivity index (χ2n) is 14.9. The van der Waals surface area contributed by atoms with Gasteiger partial charge in [0.25, 0.3) is 0 Å². The minimum atomic E-state index is 1.03. The molecule has 0 saturated heterocycles. The van der Waals surface area contributed by atoms with Gasteiger partial charge in [-0.25, -0.2) is 0 Å². The first-order valence-electron chi connectivity index (χ1n) is 20.2. The molecule has 1 aliphatic carbocycles. The maximum atomic E-state index is 4.79. The molecule has 0 spiro atoms. The van der Waals surface area contributed by atoms with Gasteiger partial charge in [-0.05, 0) is 96.6 Å². The molecule has 0 unspecified atom stereocenters. The Morgan fingerprint density at radius 3 is 1.71 bits per heavy atom. The predicted molar refractivity (Wildman–Crippen MR) is 255 cm³/mol. The molecule has 2 bridgehead atoms. The molecule has 2 aliphatic heterocycles. The molecule has 2 heterocycles. The van der Waals surface area contributed by atoms with Gasteiger partial charge in [-0.15, -0.1) is 0 Å². The molecule has 59 heavy (non-hydrogen) atoms. The molecule has 2 heteroatoms. The number of benzene rings is 7. The predicted octanol–water partition coefficient (Wildman–Crippen LogP) is 15.5. The molecular weight excluding hydrogens is 713 g/mol. The van der Waals surface area contributed by atoms with Crippen molar-refractivity contribution in [3.8, 4) is 11.1 Å². The van der Waals surface area contributed by atoms with Crippen molar-refractivity contribution in [1.29, 1.82) is 0 Å². The molecule has 0 radical (unpaired) electrons. The van der Waals surface area contributed by atoms with Gasteiger partial charge in [0.2, 0.25) is 0 Å². The highest BCUT2D eigenvalue weighted by atomic mass is 15.2. The molecule has 2 nitrogen and oxygen atoms in total. The Morgan fingerprint density at radius 1 is 0.508 bits per heavy atom. The van der Waals surface area contributed by atoms with E-state index >= 15 is 0 Å². The Morgan fingerprint density at radius 2 is 1.08 bits per heavy atom. The molecular formula is C57H48N2. The van der Waals surface area contributed by atoms with Gasteiger partial charge in [0.15, 0.2) is 0 Å². The molecule has 7 aromatic rings. The summed E-state index contributed by atoms with van der Waals surface area (Å²) in [6, 6.07) is 61.9. The zero-order valence-electron chi connectivity index (χ0n) is 34.0. The van der Waals surface area contributed by atoms with Gasteiger partial charge in [0, 0.05) is 34.3 Å². The zero-order valence-corrected chi connectivity index (χ0v) is 34.0. The van der Waals surface area contributed by atoms with Crippen molar-refractivity contribution in [3.05, 3.63) is 265 Å². The molecule has 286 valence electrons. The normalized spacial score (nSPS) is 15.9. The van der Waals surface area contributed by atoms with E-state index in [9.17, 15) is 0 Å². The Labute approximate surface area is 350 Å². The minimum absolute atomic E-state index is 1.03. The highest BCUT2D eigenvalue weighted by Gasteiger charge is 2.40. The van der Waals surface area contributed by atoms with Gasteiger partial charge in [0.1, 0.15) is 0 Å². The zero-order chi connectivity index (χ0) is 40.7. The highest BCUT2D eigenvalue weighted by molar-refractivity contribution is 6.24. The van der Waals surface area contributed by atoms with Crippen LogP contribution in [-0.2, 0) is 0 Å². The van der Waals surface area contributed by atoms with Gasteiger partial charge in [-0.1, -0.05) is 194 Å². The molecule has 3 aliphatic rings. The number of hydrogen-bond donors (Lipinski definition) is 0. The van der Waals surface area contributed by atoms with E-state index in [1.807, 2.05) is 48.6 Å². The van der Waals surface area contributed by atoms with Gasteiger partial charge in [-0.3, -0.25) is 0 Å². The van der Waals surface area contributed by atoms with Crippen LogP contribution in [0.4, 0.5) is 22.7 Å². The lowest BCUT2D eigenvalue weighted by Gasteiger charge is -2.45. The van der Waals surface area contributed by atoms with Gasteiger partial charge < -0.3 is 9.80 Å². The number of rotatable bonds is 5. The van der Waals surface area contributed by atoms with Crippen molar-refractivity contribution >= 4 is 45.2 Å². The Bertz CT molecular complexity index is 2710. The lowest BCUT2D eigenvalue weighted by atomic mass is 9.76. The standard InChI is InChI=1S/C43H32N2.2C7H8/c1-4-5-17-38-37-19-10-9-18-36(37)35-20-12-27-44(33-23-21-29(2)22-24-33)39-25-26-40-42(41(39)30(35)3)43(38)45(40)34-16-11-15-32(28-34)31-13-7-6-8-14-31;2*1-7-5-3-2-4-6-7/h4-28H,1,3H2,2H3;2*2-6H,1H3/b17-5-,27-12-,35-20+,43-38+;;. The van der Waals surface area contributed by atoms with Crippen LogP contribution < -0.4 is 9.80 Å². The summed E-state index contributed by atoms with van der Waals surface area (Å²) in [5, 5.41) is 0. The van der Waals surface area contributed by atoms with Gasteiger partial charge >= 0.3 is 0 Å². The van der Waals surface area contributed by atoms with Crippen LogP contribution in [0.5, 0.6) is 0 Å². The molecule has 0 amide bonds. The van der Waals surface area contributed by atoms with Crippen LogP contribution in [0.1, 0.15) is 38.9 Å². The molecule has 10 rings (SSSR count). The summed E-state index contributed by atoms with van der Waals surface area (Å²) in [7, 11) is 0. The first-order valence-corrected chi connectivity index (χ1v) is 20.2. The third kappa shape index (κ3) is 7.94. The van der Waals surface area contributed by atoms with Crippen molar-refractivity contribution in [3.63, 3.8) is 0 Å². The van der Waals surface area contributed by atoms with Crippen molar-refractivity contribution in [2.75, 3.05) is 9.80 Å². The number of nitrogens with zero attached hydrogens (tertiary/aromatic N) is 2. The quantitative estimate of drug-likeness (QED) is 0.161. The van der Waals surface area contributed by atoms with E-state index in [1.165, 1.54) is 55.9 Å². The van der Waals surface area contributed by atoms with Crippen LogP contribution in [0.3, 0.4) is 0 Å². The van der Waals surface area contributed by atoms with Crippen molar-refractivity contribution < 1.29 is 0 Å². The monoisotopic (exact) mass is 760 g/mol. The first-order chi connectivity index (χ1) is 28.9. The maximum Gasteiger partial charge on any atom is 0.0641 e. The van der Waals surface area contributed by atoms with Crippen LogP contribution in [0.15, 0.2) is 226 Å². The first kappa shape index (κ1) is 38.5. The van der Waals surface area contributed by atoms with E-state index in [0.29, 0.717) is 0 Å². The van der Waals surface area contributed by atoms with Crippen molar-refractivity contribution in [1.82, 2.24) is 0 Å². The smallest absolute Gasteiger partial charge is 0.0641 e. The average Bonchev–Trinajstić information content (AvgIpc) is 3.26. The largest absolute Gasteiger partial charge is 0.317 e. The third-order valence-corrected chi connectivity index (χ3v) is 10.8. The Kier molecular flexibility index (Phi) is 11.3. The third-order valence-electron chi connectivity index (χ3n) is 10.8. The number of fused-ring (bicyclic) bond motifs is 3. The fraction of sp³-hybridized carbons (Fsp3) is 0.0526. The van der Waals surface area contributed by atoms with E-state index in [0.717, 1.165) is 39.3 Å². The lowest BCUT2D eigenvalue weighted by Crippen LogP contribution is -2.30. The molecule has 0 saturated carbocycles. The van der Waals surface area contributed by atoms with E-state index in [-0.39, 0.29) is 0 Å². The fourth-order valence-electron chi connectivity index (χ4n) is 7.88. The van der Waals surface area contributed by atoms with E-state index in [2.05, 4.69) is 201 Å². The number of aryl methyl sites for hydroxylation is 3. The van der Waals surface area contributed by atoms with Crippen LogP contribution >= 0.6 is 0 Å². The van der Waals surface area contributed by atoms with Crippen LogP contribution in [0, 0.1) is 20.8 Å². The van der Waals surface area contributed by atoms with E-state index in [1.54, 1.807) is 0 Å². The Hall–Kier alpha value is -7.42. The van der Waals surface area contributed by atoms with Crippen molar-refractivity contribution in [2.45, 2.75) is 20.8 Å². The van der Waals surface area contributed by atoms with E-state index < -0.39 is 0 Å². The topological polar surface area (TPSA) is 6.48 Å². The minimum Gasteiger partial charge on any atom is -0.317 e. The SMILES string of the molecule is C=C/C=C\C1=C2\c3c(ccc4c3C(=C)/C(=C\C=C/N4c3ccc(C)cc3)c3ccccc31)N2c1cccc(-c2ccccc2)c1.Cc1ccccc1.Cc1ccccc1. The molecule has 7 aromatic carbocycles. The van der Waals surface area contributed by atoms with Crippen molar-refractivity contribution in [2.24, 2.45) is 0 Å². The summed E-state index contributed by atoms with van der Waals surface area (Å²) in [6.45, 7) is 15.1. The highest BCUT2D eigenvalue weighted by Crippen LogP contribution is 2.59. The fourth-order valence-corrected chi connectivity index (χ4v) is 7.88. The summed E-state index contributed by atoms with van der Waals surface area (Å²) >= 11 is 0. The summed E-state index contributed by atoms with van der Waals surface area (Å²) < 4.78 is 0. The lowest BCUT2D eigenvalue weighted by molar-refractivity contribution is 1.18. The van der Waals surface area contributed by atoms with Gasteiger partial charge in [0.05, 0.1) is 17.1 Å². The van der Waals surface area contributed by atoms with Crippen LogP contribution in [0.2, 0.25) is 0 Å². The van der Waals surface area contributed by atoms with Crippen LogP contribution in [-0.4, -0.2) is 0 Å². The second kappa shape index (κ2) is 17.4. The van der Waals surface area contributed by atoms with Crippen LogP contribution in [0.25, 0.3) is 33.5 Å². The maximum absolute atomic E-state index is 4.79. The summed E-state index contributed by atoms with van der Waals surface area (Å²) in [5.41, 5.74) is 20.0. The summed E-state index contributed by atoms with van der Waals surface area (Å²) in [5.74, 6) is 0. The number of hydrogen-bond acceptors (Lipinski definition) is 2. The number of allylic oxidation sites excluding steroid dienone is 8. The van der Waals surface area contributed by atoms with E-state index in [4.69, 9.17) is 6.58 Å². The molecule has 0 N–H and O–H groups in total. The molecule has 0 aromatic heterocycles. The number of anilines is 4.